The first-order valence-electron chi connectivity index (χ1n) is 3.74. The molecule has 0 bridgehead atoms. The van der Waals surface area contributed by atoms with Gasteiger partial charge in [0, 0.05) is 12.7 Å². The molecule has 1 amide bonds. The normalized spacial score (nSPS) is 9.77. The predicted molar refractivity (Wildman–Crippen MR) is 55.0 cm³/mol. The molecule has 1 aromatic heterocycles. The van der Waals surface area contributed by atoms with Crippen molar-refractivity contribution >= 4 is 33.4 Å². The number of rotatable bonds is 2. The van der Waals surface area contributed by atoms with E-state index < -0.39 is 0 Å². The van der Waals surface area contributed by atoms with Crippen LogP contribution in [0.2, 0.25) is 5.02 Å². The number of aromatic nitrogens is 1. The summed E-state index contributed by atoms with van der Waals surface area (Å²) >= 11 is 8.87. The van der Waals surface area contributed by atoms with E-state index in [0.29, 0.717) is 21.7 Å². The average Bonchev–Trinajstić information content (AvgIpc) is 2.09. The van der Waals surface area contributed by atoms with Gasteiger partial charge in [-0.1, -0.05) is 11.6 Å². The fraction of sp³-hybridized carbons (Fsp3) is 0.250. The molecule has 0 aliphatic rings. The largest absolute Gasteiger partial charge is 0.352 e. The van der Waals surface area contributed by atoms with Gasteiger partial charge in [-0.15, -0.1) is 0 Å². The molecule has 1 heterocycles. The van der Waals surface area contributed by atoms with Crippen LogP contribution in [0.15, 0.2) is 16.9 Å². The van der Waals surface area contributed by atoms with Crippen LogP contribution in [-0.2, 0) is 0 Å². The summed E-state index contributed by atoms with van der Waals surface area (Å²) in [6, 6.07) is 1.57. The molecule has 0 fully saturated rings. The van der Waals surface area contributed by atoms with E-state index in [2.05, 4.69) is 26.2 Å². The predicted octanol–water partition coefficient (Wildman–Crippen LogP) is 2.25. The SMILES string of the molecule is CCNC(=O)c1cc(Cl)cnc1Br. The van der Waals surface area contributed by atoms with Crippen LogP contribution in [0, 0.1) is 0 Å². The lowest BCUT2D eigenvalue weighted by atomic mass is 10.3. The number of nitrogens with zero attached hydrogens (tertiary/aromatic N) is 1. The number of pyridine rings is 1. The number of nitrogens with one attached hydrogen (secondary N) is 1. The second kappa shape index (κ2) is 4.58. The van der Waals surface area contributed by atoms with Crippen LogP contribution in [0.4, 0.5) is 0 Å². The van der Waals surface area contributed by atoms with Gasteiger partial charge < -0.3 is 5.32 Å². The zero-order chi connectivity index (χ0) is 9.84. The lowest BCUT2D eigenvalue weighted by Gasteiger charge is -2.03. The molecule has 0 aliphatic carbocycles. The van der Waals surface area contributed by atoms with Crippen molar-refractivity contribution in [2.24, 2.45) is 0 Å². The number of halogens is 2. The van der Waals surface area contributed by atoms with E-state index >= 15 is 0 Å². The molecule has 13 heavy (non-hydrogen) atoms. The summed E-state index contributed by atoms with van der Waals surface area (Å²) in [5.41, 5.74) is 0.453. The van der Waals surface area contributed by atoms with Crippen molar-refractivity contribution in [2.75, 3.05) is 6.54 Å². The maximum Gasteiger partial charge on any atom is 0.254 e. The molecule has 70 valence electrons. The first kappa shape index (κ1) is 10.5. The third-order valence-corrected chi connectivity index (χ3v) is 2.23. The van der Waals surface area contributed by atoms with Crippen molar-refractivity contribution in [3.63, 3.8) is 0 Å². The van der Waals surface area contributed by atoms with E-state index in [1.54, 1.807) is 6.07 Å². The summed E-state index contributed by atoms with van der Waals surface area (Å²) in [5, 5.41) is 3.11. The first-order valence-corrected chi connectivity index (χ1v) is 4.91. The van der Waals surface area contributed by atoms with E-state index in [9.17, 15) is 4.79 Å². The van der Waals surface area contributed by atoms with Gasteiger partial charge in [-0.05, 0) is 28.9 Å². The van der Waals surface area contributed by atoms with Crippen molar-refractivity contribution in [3.8, 4) is 0 Å². The van der Waals surface area contributed by atoms with Gasteiger partial charge >= 0.3 is 0 Å². The number of carbonyl (C=O) groups excluding carboxylic acids is 1. The highest BCUT2D eigenvalue weighted by Crippen LogP contribution is 2.17. The van der Waals surface area contributed by atoms with Gasteiger partial charge in [-0.25, -0.2) is 4.98 Å². The van der Waals surface area contributed by atoms with E-state index in [1.165, 1.54) is 6.20 Å². The van der Waals surface area contributed by atoms with E-state index in [-0.39, 0.29) is 5.91 Å². The molecule has 0 radical (unpaired) electrons. The van der Waals surface area contributed by atoms with E-state index in [4.69, 9.17) is 11.6 Å². The molecule has 3 nitrogen and oxygen atoms in total. The Hall–Kier alpha value is -0.610. The molecule has 0 atom stereocenters. The summed E-state index contributed by atoms with van der Waals surface area (Å²) in [5.74, 6) is -0.177. The Morgan fingerprint density at radius 2 is 2.46 bits per heavy atom. The summed E-state index contributed by atoms with van der Waals surface area (Å²) in [6.07, 6.45) is 1.48. The molecule has 0 aromatic carbocycles. The van der Waals surface area contributed by atoms with Gasteiger partial charge in [0.1, 0.15) is 4.60 Å². The molecule has 1 rings (SSSR count). The zero-order valence-corrected chi connectivity index (χ0v) is 9.32. The lowest BCUT2D eigenvalue weighted by Crippen LogP contribution is -2.23. The van der Waals surface area contributed by atoms with Crippen LogP contribution in [0.1, 0.15) is 17.3 Å². The smallest absolute Gasteiger partial charge is 0.254 e. The highest BCUT2D eigenvalue weighted by Gasteiger charge is 2.10. The van der Waals surface area contributed by atoms with E-state index in [0.717, 1.165) is 0 Å². The summed E-state index contributed by atoms with van der Waals surface area (Å²) in [6.45, 7) is 2.43. The minimum absolute atomic E-state index is 0.177. The van der Waals surface area contributed by atoms with Crippen molar-refractivity contribution < 1.29 is 4.79 Å². The highest BCUT2D eigenvalue weighted by atomic mass is 79.9. The third kappa shape index (κ3) is 2.67. The first-order chi connectivity index (χ1) is 6.15. The van der Waals surface area contributed by atoms with Gasteiger partial charge in [-0.2, -0.15) is 0 Å². The topological polar surface area (TPSA) is 42.0 Å². The molecule has 0 spiro atoms. The Morgan fingerprint density at radius 3 is 3.08 bits per heavy atom. The number of amides is 1. The van der Waals surface area contributed by atoms with Crippen LogP contribution in [0.25, 0.3) is 0 Å². The molecule has 0 saturated heterocycles. The van der Waals surface area contributed by atoms with Gasteiger partial charge in [-0.3, -0.25) is 4.79 Å². The monoisotopic (exact) mass is 262 g/mol. The summed E-state index contributed by atoms with van der Waals surface area (Å²) in [7, 11) is 0. The zero-order valence-electron chi connectivity index (χ0n) is 6.97. The van der Waals surface area contributed by atoms with Gasteiger partial charge in [0.15, 0.2) is 0 Å². The number of hydrogen-bond donors (Lipinski definition) is 1. The highest BCUT2D eigenvalue weighted by molar-refractivity contribution is 9.10. The van der Waals surface area contributed by atoms with Crippen LogP contribution in [0.3, 0.4) is 0 Å². The molecule has 5 heteroatoms. The van der Waals surface area contributed by atoms with Crippen molar-refractivity contribution in [3.05, 3.63) is 27.5 Å². The molecular formula is C8H8BrClN2O. The average molecular weight is 264 g/mol. The standard InChI is InChI=1S/C8H8BrClN2O/c1-2-11-8(13)6-3-5(10)4-12-7(6)9/h3-4H,2H2,1H3,(H,11,13). The van der Waals surface area contributed by atoms with Crippen molar-refractivity contribution in [1.29, 1.82) is 0 Å². The van der Waals surface area contributed by atoms with Crippen molar-refractivity contribution in [1.82, 2.24) is 10.3 Å². The van der Waals surface area contributed by atoms with Crippen molar-refractivity contribution in [2.45, 2.75) is 6.92 Å². The Kier molecular flexibility index (Phi) is 3.69. The summed E-state index contributed by atoms with van der Waals surface area (Å²) in [4.78, 5) is 15.3. The second-order valence-electron chi connectivity index (χ2n) is 2.35. The molecule has 0 aliphatic heterocycles. The van der Waals surface area contributed by atoms with Crippen LogP contribution >= 0.6 is 27.5 Å². The van der Waals surface area contributed by atoms with Crippen LogP contribution < -0.4 is 5.32 Å². The minimum Gasteiger partial charge on any atom is -0.352 e. The fourth-order valence-corrected chi connectivity index (χ4v) is 1.39. The second-order valence-corrected chi connectivity index (χ2v) is 3.54. The maximum absolute atomic E-state index is 11.4. The summed E-state index contributed by atoms with van der Waals surface area (Å²) < 4.78 is 0.503. The van der Waals surface area contributed by atoms with Crippen LogP contribution in [-0.4, -0.2) is 17.4 Å². The minimum atomic E-state index is -0.177. The van der Waals surface area contributed by atoms with Gasteiger partial charge in [0.25, 0.3) is 5.91 Å². The molecular weight excluding hydrogens is 255 g/mol. The maximum atomic E-state index is 11.4. The Morgan fingerprint density at radius 1 is 1.77 bits per heavy atom. The fourth-order valence-electron chi connectivity index (χ4n) is 0.838. The molecule has 1 N–H and O–H groups in total. The van der Waals surface area contributed by atoms with Gasteiger partial charge in [0.05, 0.1) is 10.6 Å². The number of hydrogen-bond acceptors (Lipinski definition) is 2. The Balaban J connectivity index is 2.99. The van der Waals surface area contributed by atoms with Gasteiger partial charge in [0.2, 0.25) is 0 Å². The van der Waals surface area contributed by atoms with Crippen LogP contribution in [0.5, 0.6) is 0 Å². The quantitative estimate of drug-likeness (QED) is 0.832. The van der Waals surface area contributed by atoms with E-state index in [1.807, 2.05) is 6.92 Å². The number of carbonyl (C=O) groups is 1. The molecule has 1 aromatic rings. The Labute approximate surface area is 89.6 Å². The molecule has 0 saturated carbocycles. The molecule has 0 unspecified atom stereocenters. The Bertz CT molecular complexity index is 330. The third-order valence-electron chi connectivity index (χ3n) is 1.39. The lowest BCUT2D eigenvalue weighted by molar-refractivity contribution is 0.0954.